The molecule has 4 heteroatoms. The predicted molar refractivity (Wildman–Crippen MR) is 64.5 cm³/mol. The molecular weight excluding hydrogens is 200 g/mol. The van der Waals surface area contributed by atoms with Crippen molar-refractivity contribution in [3.8, 4) is 0 Å². The second kappa shape index (κ2) is 4.09. The molecule has 2 aliphatic rings. The first-order valence-electron chi connectivity index (χ1n) is 6.38. The van der Waals surface area contributed by atoms with Gasteiger partial charge < -0.3 is 15.2 Å². The highest BCUT2D eigenvalue weighted by molar-refractivity contribution is 5.34. The third kappa shape index (κ3) is 1.71. The molecule has 16 heavy (non-hydrogen) atoms. The van der Waals surface area contributed by atoms with Gasteiger partial charge in [0.2, 0.25) is 5.95 Å². The monoisotopic (exact) mass is 220 g/mol. The minimum atomic E-state index is 0.328. The van der Waals surface area contributed by atoms with Gasteiger partial charge in [-0.3, -0.25) is 0 Å². The van der Waals surface area contributed by atoms with Crippen LogP contribution in [0.5, 0.6) is 0 Å². The van der Waals surface area contributed by atoms with Crippen LogP contribution in [0.15, 0.2) is 12.4 Å². The molecule has 2 N–H and O–H groups in total. The molecule has 1 atom stereocenters. The Balaban J connectivity index is 1.81. The van der Waals surface area contributed by atoms with Crippen LogP contribution >= 0.6 is 0 Å². The van der Waals surface area contributed by atoms with Crippen LogP contribution in [0.4, 0.5) is 5.95 Å². The number of nitrogens with zero attached hydrogens (tertiary/aromatic N) is 3. The van der Waals surface area contributed by atoms with E-state index in [4.69, 9.17) is 5.73 Å². The number of aromatic nitrogens is 2. The van der Waals surface area contributed by atoms with Crippen LogP contribution in [0.1, 0.15) is 38.1 Å². The summed E-state index contributed by atoms with van der Waals surface area (Å²) in [6, 6.07) is 1.00. The highest BCUT2D eigenvalue weighted by Gasteiger charge is 2.26. The summed E-state index contributed by atoms with van der Waals surface area (Å²) in [7, 11) is 0. The number of anilines is 1. The van der Waals surface area contributed by atoms with Crippen LogP contribution in [-0.2, 0) is 0 Å². The van der Waals surface area contributed by atoms with E-state index in [2.05, 4.69) is 20.6 Å². The summed E-state index contributed by atoms with van der Waals surface area (Å²) >= 11 is 0. The van der Waals surface area contributed by atoms with Gasteiger partial charge in [-0.25, -0.2) is 4.98 Å². The second-order valence-electron chi connectivity index (χ2n) is 5.07. The first-order valence-corrected chi connectivity index (χ1v) is 6.38. The van der Waals surface area contributed by atoms with E-state index in [1.165, 1.54) is 25.7 Å². The van der Waals surface area contributed by atoms with Crippen LogP contribution in [0.3, 0.4) is 0 Å². The SMILES string of the molecule is NC1CCN(c2nccn2C2CCCC2)C1. The Morgan fingerprint density at radius 3 is 2.75 bits per heavy atom. The van der Waals surface area contributed by atoms with Gasteiger partial charge in [0.1, 0.15) is 0 Å². The Labute approximate surface area is 96.4 Å². The van der Waals surface area contributed by atoms with E-state index in [9.17, 15) is 0 Å². The molecule has 1 aliphatic heterocycles. The molecule has 2 fully saturated rings. The van der Waals surface area contributed by atoms with Crippen LogP contribution in [0, 0.1) is 0 Å². The van der Waals surface area contributed by atoms with Crippen LogP contribution in [0.2, 0.25) is 0 Å². The van der Waals surface area contributed by atoms with Gasteiger partial charge in [-0.05, 0) is 19.3 Å². The highest BCUT2D eigenvalue weighted by atomic mass is 15.3. The van der Waals surface area contributed by atoms with Crippen molar-refractivity contribution >= 4 is 5.95 Å². The van der Waals surface area contributed by atoms with E-state index in [0.29, 0.717) is 12.1 Å². The van der Waals surface area contributed by atoms with E-state index < -0.39 is 0 Å². The summed E-state index contributed by atoms with van der Waals surface area (Å²) in [5, 5.41) is 0. The summed E-state index contributed by atoms with van der Waals surface area (Å²) in [6.45, 7) is 2.02. The van der Waals surface area contributed by atoms with E-state index in [1.54, 1.807) is 0 Å². The maximum absolute atomic E-state index is 5.96. The maximum atomic E-state index is 5.96. The fourth-order valence-electron chi connectivity index (χ4n) is 2.99. The standard InChI is InChI=1S/C12H20N4/c13-10-5-7-15(9-10)12-14-6-8-16(12)11-3-1-2-4-11/h6,8,10-11H,1-5,7,9,13H2. The number of hydrogen-bond donors (Lipinski definition) is 1. The van der Waals surface area contributed by atoms with Crippen molar-refractivity contribution in [1.29, 1.82) is 0 Å². The Morgan fingerprint density at radius 1 is 1.25 bits per heavy atom. The summed E-state index contributed by atoms with van der Waals surface area (Å²) in [6.07, 6.45) is 10.5. The summed E-state index contributed by atoms with van der Waals surface area (Å²) < 4.78 is 2.37. The highest BCUT2D eigenvalue weighted by Crippen LogP contribution is 2.33. The Kier molecular flexibility index (Phi) is 2.59. The van der Waals surface area contributed by atoms with Crippen molar-refractivity contribution in [1.82, 2.24) is 9.55 Å². The minimum Gasteiger partial charge on any atom is -0.341 e. The van der Waals surface area contributed by atoms with Gasteiger partial charge in [0.05, 0.1) is 0 Å². The number of hydrogen-bond acceptors (Lipinski definition) is 3. The van der Waals surface area contributed by atoms with Crippen molar-refractivity contribution in [2.45, 2.75) is 44.2 Å². The quantitative estimate of drug-likeness (QED) is 0.822. The Hall–Kier alpha value is -1.03. The van der Waals surface area contributed by atoms with Crippen molar-refractivity contribution in [2.24, 2.45) is 5.73 Å². The summed E-state index contributed by atoms with van der Waals surface area (Å²) in [5.41, 5.74) is 5.96. The van der Waals surface area contributed by atoms with Crippen molar-refractivity contribution < 1.29 is 0 Å². The molecule has 0 amide bonds. The molecule has 88 valence electrons. The van der Waals surface area contributed by atoms with E-state index >= 15 is 0 Å². The van der Waals surface area contributed by atoms with Crippen molar-refractivity contribution in [3.05, 3.63) is 12.4 Å². The third-order valence-electron chi connectivity index (χ3n) is 3.87. The molecule has 1 aliphatic carbocycles. The second-order valence-corrected chi connectivity index (χ2v) is 5.07. The Bertz CT molecular complexity index is 354. The fourth-order valence-corrected chi connectivity index (χ4v) is 2.99. The molecule has 1 aromatic rings. The topological polar surface area (TPSA) is 47.1 Å². The molecule has 1 unspecified atom stereocenters. The molecule has 1 aromatic heterocycles. The number of imidazole rings is 1. The molecule has 4 nitrogen and oxygen atoms in total. The molecule has 3 rings (SSSR count). The summed E-state index contributed by atoms with van der Waals surface area (Å²) in [5.74, 6) is 1.14. The van der Waals surface area contributed by atoms with Gasteiger partial charge in [0.25, 0.3) is 0 Å². The molecule has 1 saturated carbocycles. The fraction of sp³-hybridized carbons (Fsp3) is 0.750. The van der Waals surface area contributed by atoms with Gasteiger partial charge in [-0.1, -0.05) is 12.8 Å². The van der Waals surface area contributed by atoms with E-state index in [1.807, 2.05) is 6.20 Å². The minimum absolute atomic E-state index is 0.328. The number of nitrogens with two attached hydrogens (primary N) is 1. The van der Waals surface area contributed by atoms with E-state index in [-0.39, 0.29) is 0 Å². The smallest absolute Gasteiger partial charge is 0.205 e. The number of rotatable bonds is 2. The predicted octanol–water partition coefficient (Wildman–Crippen LogP) is 1.54. The lowest BCUT2D eigenvalue weighted by Crippen LogP contribution is -2.28. The Morgan fingerprint density at radius 2 is 2.06 bits per heavy atom. The first kappa shape index (κ1) is 10.1. The van der Waals surface area contributed by atoms with Crippen LogP contribution < -0.4 is 10.6 Å². The first-order chi connectivity index (χ1) is 7.84. The lowest BCUT2D eigenvalue weighted by Gasteiger charge is -2.22. The maximum Gasteiger partial charge on any atom is 0.205 e. The van der Waals surface area contributed by atoms with Gasteiger partial charge in [-0.15, -0.1) is 0 Å². The van der Waals surface area contributed by atoms with Gasteiger partial charge in [0.15, 0.2) is 0 Å². The molecule has 0 bridgehead atoms. The molecule has 0 aromatic carbocycles. The zero-order valence-electron chi connectivity index (χ0n) is 9.68. The zero-order valence-corrected chi connectivity index (χ0v) is 9.68. The molecule has 0 spiro atoms. The van der Waals surface area contributed by atoms with Gasteiger partial charge in [-0.2, -0.15) is 0 Å². The summed E-state index contributed by atoms with van der Waals surface area (Å²) in [4.78, 5) is 6.85. The lowest BCUT2D eigenvalue weighted by molar-refractivity contribution is 0.515. The molecular formula is C12H20N4. The normalized spacial score (nSPS) is 26.8. The lowest BCUT2D eigenvalue weighted by atomic mass is 10.2. The van der Waals surface area contributed by atoms with Crippen LogP contribution in [-0.4, -0.2) is 28.7 Å². The van der Waals surface area contributed by atoms with Gasteiger partial charge >= 0.3 is 0 Å². The largest absolute Gasteiger partial charge is 0.341 e. The average molecular weight is 220 g/mol. The third-order valence-corrected chi connectivity index (χ3v) is 3.87. The van der Waals surface area contributed by atoms with Crippen molar-refractivity contribution in [3.63, 3.8) is 0 Å². The molecule has 0 radical (unpaired) electrons. The molecule has 1 saturated heterocycles. The van der Waals surface area contributed by atoms with Gasteiger partial charge in [0, 0.05) is 37.6 Å². The van der Waals surface area contributed by atoms with Crippen molar-refractivity contribution in [2.75, 3.05) is 18.0 Å². The van der Waals surface area contributed by atoms with Crippen LogP contribution in [0.25, 0.3) is 0 Å². The van der Waals surface area contributed by atoms with E-state index in [0.717, 1.165) is 25.5 Å². The average Bonchev–Trinajstić information content (AvgIpc) is 2.96. The zero-order chi connectivity index (χ0) is 11.0. The molecule has 2 heterocycles.